The van der Waals surface area contributed by atoms with Crippen molar-refractivity contribution in [2.75, 3.05) is 18.0 Å². The SMILES string of the molecule is COc1cccc(CN(C(=O)CN(c2ccc(Cl)cc2C)S(=O)(=O)c2ccccc2)[C@H](C)C(=O)NC2CCCC2)c1. The van der Waals surface area contributed by atoms with Crippen LogP contribution in [0, 0.1) is 6.92 Å². The van der Waals surface area contributed by atoms with Gasteiger partial charge in [-0.3, -0.25) is 13.9 Å². The van der Waals surface area contributed by atoms with Crippen molar-refractivity contribution >= 4 is 39.1 Å². The molecule has 4 rings (SSSR count). The molecule has 0 unspecified atom stereocenters. The second-order valence-corrected chi connectivity index (χ2v) is 12.6. The van der Waals surface area contributed by atoms with Gasteiger partial charge >= 0.3 is 0 Å². The number of carbonyl (C=O) groups excluding carboxylic acids is 2. The monoisotopic (exact) mass is 597 g/mol. The lowest BCUT2D eigenvalue weighted by Gasteiger charge is -2.33. The van der Waals surface area contributed by atoms with Crippen LogP contribution >= 0.6 is 11.6 Å². The molecule has 2 amide bonds. The lowest BCUT2D eigenvalue weighted by Crippen LogP contribution is -2.52. The van der Waals surface area contributed by atoms with E-state index >= 15 is 0 Å². The highest BCUT2D eigenvalue weighted by atomic mass is 35.5. The normalized spacial score (nSPS) is 14.3. The molecule has 0 heterocycles. The van der Waals surface area contributed by atoms with Gasteiger partial charge in [0.2, 0.25) is 11.8 Å². The molecule has 3 aromatic carbocycles. The Kier molecular flexibility index (Phi) is 9.94. The molecule has 41 heavy (non-hydrogen) atoms. The van der Waals surface area contributed by atoms with E-state index in [0.29, 0.717) is 22.0 Å². The van der Waals surface area contributed by atoms with Crippen LogP contribution in [0.4, 0.5) is 5.69 Å². The van der Waals surface area contributed by atoms with Gasteiger partial charge in [0.25, 0.3) is 10.0 Å². The topological polar surface area (TPSA) is 96.0 Å². The average molecular weight is 598 g/mol. The predicted octanol–water partition coefficient (Wildman–Crippen LogP) is 5.33. The van der Waals surface area contributed by atoms with Gasteiger partial charge in [-0.2, -0.15) is 0 Å². The predicted molar refractivity (Wildman–Crippen MR) is 161 cm³/mol. The van der Waals surface area contributed by atoms with E-state index in [1.807, 2.05) is 12.1 Å². The second-order valence-electron chi connectivity index (χ2n) is 10.3. The summed E-state index contributed by atoms with van der Waals surface area (Å²) in [5, 5.41) is 3.53. The van der Waals surface area contributed by atoms with Crippen molar-refractivity contribution in [2.45, 2.75) is 63.1 Å². The van der Waals surface area contributed by atoms with Crippen LogP contribution in [0.2, 0.25) is 5.02 Å². The summed E-state index contributed by atoms with van der Waals surface area (Å²) in [5.41, 5.74) is 1.67. The van der Waals surface area contributed by atoms with Gasteiger partial charge in [-0.05, 0) is 80.3 Å². The summed E-state index contributed by atoms with van der Waals surface area (Å²) >= 11 is 6.17. The maximum absolute atomic E-state index is 14.1. The minimum absolute atomic E-state index is 0.0496. The van der Waals surface area contributed by atoms with Crippen LogP contribution in [0.1, 0.15) is 43.7 Å². The average Bonchev–Trinajstić information content (AvgIpc) is 3.48. The summed E-state index contributed by atoms with van der Waals surface area (Å²) in [6.45, 7) is 3.00. The Labute approximate surface area is 247 Å². The van der Waals surface area contributed by atoms with Crippen LogP contribution < -0.4 is 14.4 Å². The third-order valence-corrected chi connectivity index (χ3v) is 9.40. The first-order chi connectivity index (χ1) is 19.6. The summed E-state index contributed by atoms with van der Waals surface area (Å²) in [7, 11) is -2.59. The lowest BCUT2D eigenvalue weighted by atomic mass is 10.1. The molecule has 0 radical (unpaired) electrons. The molecule has 218 valence electrons. The number of sulfonamides is 1. The Balaban J connectivity index is 1.71. The summed E-state index contributed by atoms with van der Waals surface area (Å²) in [6, 6.07) is 19.3. The number of nitrogens with one attached hydrogen (secondary N) is 1. The number of aryl methyl sites for hydroxylation is 1. The minimum atomic E-state index is -4.14. The zero-order chi connectivity index (χ0) is 29.6. The Morgan fingerprint density at radius 3 is 2.39 bits per heavy atom. The summed E-state index contributed by atoms with van der Waals surface area (Å²) in [6.07, 6.45) is 3.92. The van der Waals surface area contributed by atoms with E-state index < -0.39 is 28.5 Å². The molecule has 0 spiro atoms. The number of hydrogen-bond acceptors (Lipinski definition) is 5. The fourth-order valence-corrected chi connectivity index (χ4v) is 6.80. The number of methoxy groups -OCH3 is 1. The molecular formula is C31H36ClN3O5S. The lowest BCUT2D eigenvalue weighted by molar-refractivity contribution is -0.139. The zero-order valence-corrected chi connectivity index (χ0v) is 25.1. The third-order valence-electron chi connectivity index (χ3n) is 7.39. The largest absolute Gasteiger partial charge is 0.497 e. The maximum Gasteiger partial charge on any atom is 0.264 e. The molecule has 0 aromatic heterocycles. The standard InChI is InChI=1S/C31H36ClN3O5S/c1-22-18-25(32)16-17-29(22)35(41(38,39)28-14-5-4-6-15-28)21-30(36)34(20-24-10-9-13-27(19-24)40-3)23(2)31(37)33-26-11-7-8-12-26/h4-6,9-10,13-19,23,26H,7-8,11-12,20-21H2,1-3H3,(H,33,37)/t23-/m1/s1. The first-order valence-electron chi connectivity index (χ1n) is 13.7. The molecule has 1 N–H and O–H groups in total. The zero-order valence-electron chi connectivity index (χ0n) is 23.5. The van der Waals surface area contributed by atoms with Gasteiger partial charge < -0.3 is 15.0 Å². The molecule has 0 saturated heterocycles. The van der Waals surface area contributed by atoms with Crippen molar-refractivity contribution in [1.82, 2.24) is 10.2 Å². The molecule has 1 fully saturated rings. The summed E-state index contributed by atoms with van der Waals surface area (Å²) in [5.74, 6) is -0.174. The molecular weight excluding hydrogens is 562 g/mol. The number of benzene rings is 3. The fourth-order valence-electron chi connectivity index (χ4n) is 5.07. The van der Waals surface area contributed by atoms with Crippen molar-refractivity contribution in [3.8, 4) is 5.75 Å². The molecule has 1 atom stereocenters. The van der Waals surface area contributed by atoms with E-state index in [2.05, 4.69) is 5.32 Å². The van der Waals surface area contributed by atoms with Crippen molar-refractivity contribution in [1.29, 1.82) is 0 Å². The van der Waals surface area contributed by atoms with Crippen LogP contribution in [0.15, 0.2) is 77.7 Å². The smallest absolute Gasteiger partial charge is 0.264 e. The molecule has 0 bridgehead atoms. The van der Waals surface area contributed by atoms with E-state index in [1.54, 1.807) is 69.5 Å². The third kappa shape index (κ3) is 7.40. The van der Waals surface area contributed by atoms with Crippen LogP contribution in [-0.2, 0) is 26.2 Å². The molecule has 3 aromatic rings. The Morgan fingerprint density at radius 2 is 1.73 bits per heavy atom. The number of anilines is 1. The van der Waals surface area contributed by atoms with Crippen molar-refractivity contribution in [3.05, 3.63) is 88.9 Å². The van der Waals surface area contributed by atoms with E-state index in [0.717, 1.165) is 35.6 Å². The van der Waals surface area contributed by atoms with Gasteiger partial charge in [0.1, 0.15) is 18.3 Å². The quantitative estimate of drug-likeness (QED) is 0.322. The van der Waals surface area contributed by atoms with E-state index in [-0.39, 0.29) is 23.4 Å². The Morgan fingerprint density at radius 1 is 1.02 bits per heavy atom. The van der Waals surface area contributed by atoms with Gasteiger partial charge in [-0.1, -0.05) is 54.8 Å². The molecule has 1 saturated carbocycles. The van der Waals surface area contributed by atoms with Crippen LogP contribution in [0.5, 0.6) is 5.75 Å². The summed E-state index contributed by atoms with van der Waals surface area (Å²) < 4.78 is 34.3. The van der Waals surface area contributed by atoms with Crippen molar-refractivity contribution in [2.24, 2.45) is 0 Å². The highest BCUT2D eigenvalue weighted by Crippen LogP contribution is 2.29. The van der Waals surface area contributed by atoms with Gasteiger partial charge in [-0.25, -0.2) is 8.42 Å². The van der Waals surface area contributed by atoms with E-state index in [9.17, 15) is 18.0 Å². The van der Waals surface area contributed by atoms with Crippen molar-refractivity contribution in [3.63, 3.8) is 0 Å². The van der Waals surface area contributed by atoms with Gasteiger partial charge in [-0.15, -0.1) is 0 Å². The van der Waals surface area contributed by atoms with Crippen LogP contribution in [-0.4, -0.2) is 50.9 Å². The number of nitrogens with zero attached hydrogens (tertiary/aromatic N) is 2. The molecule has 1 aliphatic rings. The molecule has 1 aliphatic carbocycles. The highest BCUT2D eigenvalue weighted by Gasteiger charge is 2.34. The molecule has 8 nitrogen and oxygen atoms in total. The Bertz CT molecular complexity index is 1480. The number of rotatable bonds is 11. The summed E-state index contributed by atoms with van der Waals surface area (Å²) in [4.78, 5) is 28.9. The fraction of sp³-hybridized carbons (Fsp3) is 0.355. The molecule has 10 heteroatoms. The van der Waals surface area contributed by atoms with E-state index in [4.69, 9.17) is 16.3 Å². The van der Waals surface area contributed by atoms with Gasteiger partial charge in [0, 0.05) is 17.6 Å². The maximum atomic E-state index is 14.1. The van der Waals surface area contributed by atoms with E-state index in [1.165, 1.54) is 17.0 Å². The number of amides is 2. The van der Waals surface area contributed by atoms with Crippen LogP contribution in [0.3, 0.4) is 0 Å². The number of halogens is 1. The first kappa shape index (κ1) is 30.4. The second kappa shape index (κ2) is 13.4. The Hall–Kier alpha value is -3.56. The first-order valence-corrected chi connectivity index (χ1v) is 15.5. The van der Waals surface area contributed by atoms with Gasteiger partial charge in [0.15, 0.2) is 0 Å². The highest BCUT2D eigenvalue weighted by molar-refractivity contribution is 7.92. The van der Waals surface area contributed by atoms with Crippen LogP contribution in [0.25, 0.3) is 0 Å². The van der Waals surface area contributed by atoms with Crippen molar-refractivity contribution < 1.29 is 22.7 Å². The minimum Gasteiger partial charge on any atom is -0.497 e. The molecule has 0 aliphatic heterocycles. The number of hydrogen-bond donors (Lipinski definition) is 1. The van der Waals surface area contributed by atoms with Gasteiger partial charge in [0.05, 0.1) is 17.7 Å². The number of ether oxygens (including phenoxy) is 1. The number of carbonyl (C=O) groups is 2.